The molecular formula is C39H54O6. The molecule has 246 valence electrons. The number of carbonyl (C=O) groups is 2. The van der Waals surface area contributed by atoms with Gasteiger partial charge in [0.25, 0.3) is 0 Å². The van der Waals surface area contributed by atoms with Gasteiger partial charge in [-0.15, -0.1) is 0 Å². The van der Waals surface area contributed by atoms with E-state index in [9.17, 15) is 24.9 Å². The minimum absolute atomic E-state index is 0.0291. The molecule has 6 rings (SSSR count). The Kier molecular flexibility index (Phi) is 7.70. The first kappa shape index (κ1) is 32.3. The quantitative estimate of drug-likeness (QED) is 0.175. The van der Waals surface area contributed by atoms with Crippen molar-refractivity contribution in [2.24, 2.45) is 50.2 Å². The number of benzene rings is 1. The topological polar surface area (TPSA) is 104 Å². The maximum Gasteiger partial charge on any atom is 0.330 e. The van der Waals surface area contributed by atoms with E-state index < -0.39 is 28.9 Å². The Morgan fingerprint density at radius 2 is 1.60 bits per heavy atom. The summed E-state index contributed by atoms with van der Waals surface area (Å²) in [5.74, 6) is -0.152. The number of hydrogen-bond donors (Lipinski definition) is 3. The maximum atomic E-state index is 12.9. The molecule has 5 aliphatic rings. The summed E-state index contributed by atoms with van der Waals surface area (Å²) in [5, 5.41) is 31.6. The van der Waals surface area contributed by atoms with Gasteiger partial charge in [-0.3, -0.25) is 4.79 Å². The van der Waals surface area contributed by atoms with Crippen molar-refractivity contribution in [3.63, 3.8) is 0 Å². The number of phenolic OH excluding ortho intramolecular Hbond substituents is 1. The number of hydrogen-bond acceptors (Lipinski definition) is 5. The number of esters is 1. The molecule has 3 N–H and O–H groups in total. The van der Waals surface area contributed by atoms with Crippen LogP contribution < -0.4 is 0 Å². The third kappa shape index (κ3) is 4.83. The third-order valence-electron chi connectivity index (χ3n) is 14.7. The SMILES string of the molecule is CC1(C)CC[C@]2(C(=O)O)CC[C@]3(C)C(=CC[C@@H]4[C@@]5(C)CC[C@H](O)[C@@](C)(COC(=O)/C=C\c6ccc(O)cc6)[C@@H]5CC[C@]43C)[C@H]2C1. The highest BCUT2D eigenvalue weighted by Gasteiger charge is 2.69. The fourth-order valence-corrected chi connectivity index (χ4v) is 11.7. The summed E-state index contributed by atoms with van der Waals surface area (Å²) in [6, 6.07) is 6.64. The van der Waals surface area contributed by atoms with Crippen LogP contribution in [0.15, 0.2) is 42.0 Å². The molecule has 0 saturated heterocycles. The van der Waals surface area contributed by atoms with Gasteiger partial charge in [0.05, 0.1) is 18.1 Å². The van der Waals surface area contributed by atoms with Crippen molar-refractivity contribution in [3.05, 3.63) is 47.6 Å². The summed E-state index contributed by atoms with van der Waals surface area (Å²) in [6.07, 6.45) is 14.0. The first-order valence-electron chi connectivity index (χ1n) is 17.3. The van der Waals surface area contributed by atoms with E-state index in [0.29, 0.717) is 12.3 Å². The predicted molar refractivity (Wildman–Crippen MR) is 175 cm³/mol. The molecule has 0 aliphatic heterocycles. The molecule has 0 bridgehead atoms. The zero-order valence-corrected chi connectivity index (χ0v) is 28.2. The van der Waals surface area contributed by atoms with Gasteiger partial charge < -0.3 is 20.1 Å². The fraction of sp³-hybridized carbons (Fsp3) is 0.692. The van der Waals surface area contributed by atoms with Crippen molar-refractivity contribution in [2.75, 3.05) is 6.61 Å². The molecule has 0 amide bonds. The number of carboxylic acid groups (broad SMARTS) is 1. The monoisotopic (exact) mass is 618 g/mol. The van der Waals surface area contributed by atoms with Crippen LogP contribution in [0.5, 0.6) is 5.75 Å². The van der Waals surface area contributed by atoms with E-state index in [1.807, 2.05) is 0 Å². The summed E-state index contributed by atoms with van der Waals surface area (Å²) in [7, 11) is 0. The number of aromatic hydroxyl groups is 1. The number of rotatable bonds is 5. The largest absolute Gasteiger partial charge is 0.508 e. The lowest BCUT2D eigenvalue weighted by Crippen LogP contribution is -2.66. The lowest BCUT2D eigenvalue weighted by Gasteiger charge is -2.71. The van der Waals surface area contributed by atoms with Crippen LogP contribution in [0.25, 0.3) is 6.08 Å². The van der Waals surface area contributed by atoms with Crippen LogP contribution in [0.3, 0.4) is 0 Å². The summed E-state index contributed by atoms with van der Waals surface area (Å²) in [4.78, 5) is 25.8. The van der Waals surface area contributed by atoms with Crippen molar-refractivity contribution in [3.8, 4) is 5.75 Å². The Morgan fingerprint density at radius 3 is 2.29 bits per heavy atom. The van der Waals surface area contributed by atoms with E-state index >= 15 is 0 Å². The van der Waals surface area contributed by atoms with Crippen molar-refractivity contribution in [1.82, 2.24) is 0 Å². The number of aliphatic hydroxyl groups is 1. The zero-order chi connectivity index (χ0) is 32.6. The molecule has 4 fully saturated rings. The van der Waals surface area contributed by atoms with Gasteiger partial charge in [0, 0.05) is 11.5 Å². The Hall–Kier alpha value is -2.60. The number of allylic oxidation sites excluding steroid dienone is 2. The Balaban J connectivity index is 1.27. The second kappa shape index (κ2) is 10.7. The molecule has 0 heterocycles. The molecule has 0 unspecified atom stereocenters. The number of ether oxygens (including phenoxy) is 1. The molecule has 9 atom stereocenters. The van der Waals surface area contributed by atoms with Gasteiger partial charge in [-0.05, 0) is 127 Å². The summed E-state index contributed by atoms with van der Waals surface area (Å²) >= 11 is 0. The maximum absolute atomic E-state index is 12.9. The number of fused-ring (bicyclic) bond motifs is 7. The molecule has 6 heteroatoms. The Bertz CT molecular complexity index is 1410. The van der Waals surface area contributed by atoms with Crippen LogP contribution in [-0.4, -0.2) is 40.0 Å². The minimum atomic E-state index is -0.640. The molecule has 1 aromatic carbocycles. The predicted octanol–water partition coefficient (Wildman–Crippen LogP) is 8.18. The number of aliphatic carboxylic acids is 1. The highest BCUT2D eigenvalue weighted by molar-refractivity contribution is 5.87. The Morgan fingerprint density at radius 1 is 0.911 bits per heavy atom. The van der Waals surface area contributed by atoms with Gasteiger partial charge in [-0.25, -0.2) is 4.79 Å². The number of carbonyl (C=O) groups excluding carboxylic acids is 1. The lowest BCUT2D eigenvalue weighted by atomic mass is 9.33. The van der Waals surface area contributed by atoms with Crippen molar-refractivity contribution in [2.45, 2.75) is 112 Å². The first-order valence-corrected chi connectivity index (χ1v) is 17.3. The van der Waals surface area contributed by atoms with Crippen LogP contribution in [0.4, 0.5) is 0 Å². The first-order chi connectivity index (χ1) is 21.0. The molecule has 0 spiro atoms. The summed E-state index contributed by atoms with van der Waals surface area (Å²) in [6.45, 7) is 14.3. The summed E-state index contributed by atoms with van der Waals surface area (Å²) in [5.41, 5.74) is 1.11. The van der Waals surface area contributed by atoms with Gasteiger partial charge >= 0.3 is 11.9 Å². The normalized spacial score (nSPS) is 43.7. The average molecular weight is 619 g/mol. The standard InChI is InChI=1S/C39H54O6/c1-34(2)19-21-39(33(43)44)22-20-37(5)27(28(39)23-34)12-13-30-35(3)17-16-31(41)36(4,29(35)15-18-38(30,37)6)24-45-32(42)14-9-25-7-10-26(40)11-8-25/h7-12,14,28-31,40-41H,13,15-24H2,1-6H3,(H,43,44)/b14-9-/t28-,29-,30-,31+,35+,36+,37-,38-,39+/m1/s1. The minimum Gasteiger partial charge on any atom is -0.508 e. The fourth-order valence-electron chi connectivity index (χ4n) is 11.7. The number of carboxylic acids is 1. The van der Waals surface area contributed by atoms with E-state index in [-0.39, 0.29) is 45.9 Å². The number of phenols is 1. The van der Waals surface area contributed by atoms with Crippen molar-refractivity contribution in [1.29, 1.82) is 0 Å². The highest BCUT2D eigenvalue weighted by atomic mass is 16.5. The van der Waals surface area contributed by atoms with Gasteiger partial charge in [0.15, 0.2) is 0 Å². The van der Waals surface area contributed by atoms with Crippen LogP contribution >= 0.6 is 0 Å². The molecule has 0 radical (unpaired) electrons. The number of aliphatic hydroxyl groups excluding tert-OH is 1. The van der Waals surface area contributed by atoms with Crippen LogP contribution in [0, 0.1) is 50.2 Å². The van der Waals surface area contributed by atoms with E-state index in [2.05, 4.69) is 47.6 Å². The second-order valence-corrected chi connectivity index (χ2v) is 17.3. The van der Waals surface area contributed by atoms with E-state index in [4.69, 9.17) is 4.74 Å². The van der Waals surface area contributed by atoms with E-state index in [1.165, 1.54) is 11.6 Å². The molecular weight excluding hydrogens is 564 g/mol. The molecule has 1 aromatic rings. The van der Waals surface area contributed by atoms with Crippen LogP contribution in [0.1, 0.15) is 111 Å². The highest BCUT2D eigenvalue weighted by Crippen LogP contribution is 2.75. The zero-order valence-electron chi connectivity index (χ0n) is 28.2. The summed E-state index contributed by atoms with van der Waals surface area (Å²) < 4.78 is 5.87. The second-order valence-electron chi connectivity index (χ2n) is 17.3. The van der Waals surface area contributed by atoms with Crippen molar-refractivity contribution < 1.29 is 29.6 Å². The smallest absolute Gasteiger partial charge is 0.330 e. The molecule has 5 aliphatic carbocycles. The average Bonchev–Trinajstić information content (AvgIpc) is 2.98. The van der Waals surface area contributed by atoms with Gasteiger partial charge in [-0.2, -0.15) is 0 Å². The third-order valence-corrected chi connectivity index (χ3v) is 14.7. The molecule has 0 aromatic heterocycles. The van der Waals surface area contributed by atoms with E-state index in [0.717, 1.165) is 63.4 Å². The van der Waals surface area contributed by atoms with Crippen molar-refractivity contribution >= 4 is 18.0 Å². The van der Waals surface area contributed by atoms with Gasteiger partial charge in [0.2, 0.25) is 0 Å². The molecule has 6 nitrogen and oxygen atoms in total. The molecule has 4 saturated carbocycles. The van der Waals surface area contributed by atoms with Gasteiger partial charge in [0.1, 0.15) is 5.75 Å². The van der Waals surface area contributed by atoms with E-state index in [1.54, 1.807) is 30.3 Å². The van der Waals surface area contributed by atoms with Crippen LogP contribution in [0.2, 0.25) is 0 Å². The van der Waals surface area contributed by atoms with Crippen LogP contribution in [-0.2, 0) is 14.3 Å². The Labute approximate surface area is 269 Å². The lowest BCUT2D eigenvalue weighted by molar-refractivity contribution is -0.219. The molecule has 45 heavy (non-hydrogen) atoms. The van der Waals surface area contributed by atoms with Gasteiger partial charge in [-0.1, -0.05) is 65.3 Å².